The van der Waals surface area contributed by atoms with Gasteiger partial charge in [-0.25, -0.2) is 0 Å². The summed E-state index contributed by atoms with van der Waals surface area (Å²) in [6.07, 6.45) is 0.712. The van der Waals surface area contributed by atoms with Crippen molar-refractivity contribution in [2.24, 2.45) is 0 Å². The van der Waals surface area contributed by atoms with Gasteiger partial charge in [0, 0.05) is 5.97 Å². The van der Waals surface area contributed by atoms with Crippen molar-refractivity contribution in [3.05, 3.63) is 34.7 Å². The highest BCUT2D eigenvalue weighted by molar-refractivity contribution is 8.26. The summed E-state index contributed by atoms with van der Waals surface area (Å²) in [5, 5.41) is 21.9. The van der Waals surface area contributed by atoms with Gasteiger partial charge in [-0.05, 0) is 36.6 Å². The first kappa shape index (κ1) is 18.9. The number of hydrogen-bond acceptors (Lipinski definition) is 8. The molecule has 0 radical (unpaired) electrons. The third-order valence-electron chi connectivity index (χ3n) is 3.44. The number of ether oxygens (including phenoxy) is 1. The average Bonchev–Trinajstić information content (AvgIpc) is 2.83. The van der Waals surface area contributed by atoms with Crippen molar-refractivity contribution in [3.8, 4) is 5.75 Å². The van der Waals surface area contributed by atoms with Crippen LogP contribution in [0.4, 0.5) is 0 Å². The van der Waals surface area contributed by atoms with E-state index in [1.165, 1.54) is 7.11 Å². The Bertz CT molecular complexity index is 743. The van der Waals surface area contributed by atoms with Crippen molar-refractivity contribution in [2.75, 3.05) is 7.11 Å². The number of aliphatic carboxylic acids is 2. The highest BCUT2D eigenvalue weighted by Gasteiger charge is 2.37. The summed E-state index contributed by atoms with van der Waals surface area (Å²) >= 11 is 6.03. The molecule has 9 heteroatoms. The Morgan fingerprint density at radius 3 is 2.48 bits per heavy atom. The topological polar surface area (TPSA) is 110 Å². The lowest BCUT2D eigenvalue weighted by molar-refractivity contribution is -0.311. The Kier molecular flexibility index (Phi) is 6.16. The molecular formula is C16H13NO6S2-2. The van der Waals surface area contributed by atoms with E-state index in [4.69, 9.17) is 17.0 Å². The number of amides is 1. The molecule has 1 aliphatic heterocycles. The van der Waals surface area contributed by atoms with Crippen LogP contribution in [-0.4, -0.2) is 40.2 Å². The zero-order valence-electron chi connectivity index (χ0n) is 13.1. The first-order valence-electron chi connectivity index (χ1n) is 7.15. The summed E-state index contributed by atoms with van der Waals surface area (Å²) in [5.74, 6) is -2.92. The molecule has 0 bridgehead atoms. The van der Waals surface area contributed by atoms with Crippen LogP contribution in [0.15, 0.2) is 29.2 Å². The molecule has 25 heavy (non-hydrogen) atoms. The fourth-order valence-electron chi connectivity index (χ4n) is 2.21. The number of hydrogen-bond donors (Lipinski definition) is 0. The third-order valence-corrected chi connectivity index (χ3v) is 4.77. The molecule has 0 unspecified atom stereocenters. The first-order chi connectivity index (χ1) is 11.8. The number of carboxylic acids is 2. The average molecular weight is 379 g/mol. The number of thiocarbonyl (C=S) groups is 1. The first-order valence-corrected chi connectivity index (χ1v) is 8.37. The van der Waals surface area contributed by atoms with E-state index >= 15 is 0 Å². The zero-order chi connectivity index (χ0) is 18.6. The molecule has 1 aromatic carbocycles. The van der Waals surface area contributed by atoms with E-state index in [0.717, 1.165) is 16.7 Å². The third kappa shape index (κ3) is 4.58. The van der Waals surface area contributed by atoms with Crippen LogP contribution in [0.1, 0.15) is 18.4 Å². The van der Waals surface area contributed by atoms with E-state index in [2.05, 4.69) is 0 Å². The SMILES string of the molecule is COc1ccc(/C=C2\SC(=S)N([C@@H](CCC(=O)[O-])C(=O)[O-])C2=O)cc1. The Hall–Kier alpha value is -2.39. The fourth-order valence-corrected chi connectivity index (χ4v) is 3.56. The summed E-state index contributed by atoms with van der Waals surface area (Å²) in [5.41, 5.74) is 0.709. The molecule has 1 fully saturated rings. The Labute approximate surface area is 153 Å². The van der Waals surface area contributed by atoms with Gasteiger partial charge in [-0.3, -0.25) is 9.69 Å². The van der Waals surface area contributed by atoms with E-state index in [-0.39, 0.29) is 15.6 Å². The fraction of sp³-hybridized carbons (Fsp3) is 0.250. The molecule has 1 aromatic rings. The molecule has 7 nitrogen and oxygen atoms in total. The molecule has 0 saturated carbocycles. The quantitative estimate of drug-likeness (QED) is 0.463. The van der Waals surface area contributed by atoms with Crippen LogP contribution in [-0.2, 0) is 14.4 Å². The predicted octanol–water partition coefficient (Wildman–Crippen LogP) is -0.455. The van der Waals surface area contributed by atoms with Gasteiger partial charge in [-0.1, -0.05) is 36.1 Å². The second-order valence-corrected chi connectivity index (χ2v) is 6.75. The van der Waals surface area contributed by atoms with E-state index in [9.17, 15) is 24.6 Å². The second-order valence-electron chi connectivity index (χ2n) is 5.07. The number of methoxy groups -OCH3 is 1. The molecule has 0 aliphatic carbocycles. The summed E-state index contributed by atoms with van der Waals surface area (Å²) in [6.45, 7) is 0. The van der Waals surface area contributed by atoms with Crippen molar-refractivity contribution in [1.82, 2.24) is 4.90 Å². The van der Waals surface area contributed by atoms with E-state index in [1.54, 1.807) is 30.3 Å². The van der Waals surface area contributed by atoms with Crippen LogP contribution in [0.5, 0.6) is 5.75 Å². The van der Waals surface area contributed by atoms with Crippen molar-refractivity contribution in [3.63, 3.8) is 0 Å². The molecular weight excluding hydrogens is 366 g/mol. The summed E-state index contributed by atoms with van der Waals surface area (Å²) in [6, 6.07) is 5.45. The molecule has 1 atom stereocenters. The Balaban J connectivity index is 2.23. The van der Waals surface area contributed by atoms with Gasteiger partial charge in [0.15, 0.2) is 0 Å². The van der Waals surface area contributed by atoms with Crippen molar-refractivity contribution in [1.29, 1.82) is 0 Å². The second kappa shape index (κ2) is 8.13. The smallest absolute Gasteiger partial charge is 0.266 e. The van der Waals surface area contributed by atoms with Crippen molar-refractivity contribution < 1.29 is 29.3 Å². The lowest BCUT2D eigenvalue weighted by Gasteiger charge is -2.27. The highest BCUT2D eigenvalue weighted by Crippen LogP contribution is 2.34. The molecule has 1 aliphatic rings. The molecule has 1 amide bonds. The van der Waals surface area contributed by atoms with Gasteiger partial charge in [-0.2, -0.15) is 0 Å². The van der Waals surface area contributed by atoms with Crippen LogP contribution in [0.3, 0.4) is 0 Å². The minimum absolute atomic E-state index is 0.0392. The van der Waals surface area contributed by atoms with Crippen LogP contribution >= 0.6 is 24.0 Å². The number of rotatable bonds is 7. The number of thioether (sulfide) groups is 1. The highest BCUT2D eigenvalue weighted by atomic mass is 32.2. The van der Waals surface area contributed by atoms with Gasteiger partial charge in [0.1, 0.15) is 10.1 Å². The molecule has 0 aromatic heterocycles. The van der Waals surface area contributed by atoms with Gasteiger partial charge in [0.25, 0.3) is 5.91 Å². The molecule has 132 valence electrons. The molecule has 1 saturated heterocycles. The number of nitrogens with zero attached hydrogens (tertiary/aromatic N) is 1. The van der Waals surface area contributed by atoms with Crippen molar-refractivity contribution in [2.45, 2.75) is 18.9 Å². The van der Waals surface area contributed by atoms with Crippen LogP contribution in [0.25, 0.3) is 6.08 Å². The number of carboxylic acid groups (broad SMARTS) is 2. The maximum atomic E-state index is 12.5. The summed E-state index contributed by atoms with van der Waals surface area (Å²) in [4.78, 5) is 35.5. The van der Waals surface area contributed by atoms with Crippen LogP contribution < -0.4 is 14.9 Å². The molecule has 1 heterocycles. The van der Waals surface area contributed by atoms with E-state index in [0.29, 0.717) is 11.3 Å². The number of carbonyl (C=O) groups excluding carboxylic acids is 3. The number of benzene rings is 1. The Morgan fingerprint density at radius 2 is 1.96 bits per heavy atom. The van der Waals surface area contributed by atoms with Gasteiger partial charge in [0.2, 0.25) is 0 Å². The predicted molar refractivity (Wildman–Crippen MR) is 91.0 cm³/mol. The van der Waals surface area contributed by atoms with Gasteiger partial charge in [0.05, 0.1) is 24.0 Å². The van der Waals surface area contributed by atoms with E-state index in [1.807, 2.05) is 0 Å². The number of carbonyl (C=O) groups is 3. The van der Waals surface area contributed by atoms with Gasteiger partial charge >= 0.3 is 0 Å². The molecule has 2 rings (SSSR count). The molecule has 0 N–H and O–H groups in total. The lowest BCUT2D eigenvalue weighted by atomic mass is 10.1. The minimum atomic E-state index is -1.57. The molecule has 0 spiro atoms. The minimum Gasteiger partial charge on any atom is -0.550 e. The monoisotopic (exact) mass is 379 g/mol. The largest absolute Gasteiger partial charge is 0.550 e. The summed E-state index contributed by atoms with van der Waals surface area (Å²) < 4.78 is 5.09. The normalized spacial score (nSPS) is 17.0. The van der Waals surface area contributed by atoms with Crippen molar-refractivity contribution >= 4 is 52.2 Å². The zero-order valence-corrected chi connectivity index (χ0v) is 14.7. The summed E-state index contributed by atoms with van der Waals surface area (Å²) in [7, 11) is 1.53. The van der Waals surface area contributed by atoms with Gasteiger partial charge in [-0.15, -0.1) is 0 Å². The van der Waals surface area contributed by atoms with Gasteiger partial charge < -0.3 is 24.5 Å². The maximum absolute atomic E-state index is 12.5. The van der Waals surface area contributed by atoms with E-state index < -0.39 is 30.3 Å². The lowest BCUT2D eigenvalue weighted by Crippen LogP contribution is -2.50. The van der Waals surface area contributed by atoms with Crippen LogP contribution in [0, 0.1) is 0 Å². The maximum Gasteiger partial charge on any atom is 0.266 e. The standard InChI is InChI=1S/C16H15NO6S2/c1-23-10-4-2-9(3-5-10)8-12-14(20)17(16(24)25-12)11(15(21)22)6-7-13(18)19/h2-5,8,11H,6-7H2,1H3,(H,18,19)(H,21,22)/p-2/b12-8-/t11-/m0/s1. The Morgan fingerprint density at radius 1 is 1.32 bits per heavy atom. The van der Waals surface area contributed by atoms with Crippen LogP contribution in [0.2, 0.25) is 0 Å².